The summed E-state index contributed by atoms with van der Waals surface area (Å²) in [5.74, 6) is -0.338. The van der Waals surface area contributed by atoms with Gasteiger partial charge >= 0.3 is 5.97 Å². The Hall–Kier alpha value is -3.17. The number of aromatic nitrogens is 1. The van der Waals surface area contributed by atoms with E-state index >= 15 is 0 Å². The van der Waals surface area contributed by atoms with Crippen molar-refractivity contribution in [3.8, 4) is 0 Å². The normalized spacial score (nSPS) is 48.5. The topological polar surface area (TPSA) is 154 Å². The van der Waals surface area contributed by atoms with Crippen molar-refractivity contribution in [3.05, 3.63) is 53.4 Å². The number of carboxylic acids is 1. The molecule has 8 aliphatic carbocycles. The lowest BCUT2D eigenvalue weighted by molar-refractivity contribution is -0.193. The minimum absolute atomic E-state index is 0.00359. The number of ketones is 2. The van der Waals surface area contributed by atoms with Gasteiger partial charge < -0.3 is 20.6 Å². The number of aliphatic hydroxyl groups excluding tert-OH is 1. The van der Waals surface area contributed by atoms with E-state index in [1.54, 1.807) is 12.3 Å². The van der Waals surface area contributed by atoms with Gasteiger partial charge in [0, 0.05) is 29.9 Å². The number of carbonyl (C=O) groups excluding carboxylic acids is 3. The Morgan fingerprint density at radius 3 is 2.00 bits per heavy atom. The van der Waals surface area contributed by atoms with Crippen molar-refractivity contribution in [2.75, 3.05) is 0 Å². The summed E-state index contributed by atoms with van der Waals surface area (Å²) >= 11 is 0. The quantitative estimate of drug-likeness (QED) is 0.258. The van der Waals surface area contributed by atoms with Gasteiger partial charge in [0.15, 0.2) is 11.6 Å². The Kier molecular flexibility index (Phi) is 8.44. The van der Waals surface area contributed by atoms with Gasteiger partial charge in [-0.2, -0.15) is 0 Å². The van der Waals surface area contributed by atoms with Crippen LogP contribution >= 0.6 is 0 Å². The molecule has 0 saturated heterocycles. The van der Waals surface area contributed by atoms with Crippen LogP contribution in [-0.4, -0.2) is 55.5 Å². The fraction of sp³-hybridized carbons (Fsp3) is 0.717. The molecule has 4 unspecified atom stereocenters. The summed E-state index contributed by atoms with van der Waals surface area (Å²) in [6.45, 7) is 9.07. The SMILES string of the molecule is C[C@]12CC[C@@H]3[C@@H](CCC4=CC(=O)CC(C5(C(=O)O)CC[C@H]6[C@@H]7CCC8=CC(=O)CC(O)[C@]8(C)[C@@H]7CC[C@@]65C)[C@@]43C)[C@@H]1CCC2(O)C(=O)NCc1ccccn1. The van der Waals surface area contributed by atoms with Crippen molar-refractivity contribution < 1.29 is 34.5 Å². The highest BCUT2D eigenvalue weighted by atomic mass is 16.4. The molecule has 8 aliphatic rings. The zero-order valence-electron chi connectivity index (χ0n) is 33.1. The third-order valence-corrected chi connectivity index (χ3v) is 19.1. The van der Waals surface area contributed by atoms with Gasteiger partial charge in [0.25, 0.3) is 5.91 Å². The zero-order chi connectivity index (χ0) is 38.9. The summed E-state index contributed by atoms with van der Waals surface area (Å²) in [6.07, 6.45) is 13.8. The number of hydrogen-bond donors (Lipinski definition) is 4. The summed E-state index contributed by atoms with van der Waals surface area (Å²) in [5, 5.41) is 38.6. The maximum absolute atomic E-state index is 14.4. The summed E-state index contributed by atoms with van der Waals surface area (Å²) in [5.41, 5.74) is -1.77. The van der Waals surface area contributed by atoms with E-state index in [0.29, 0.717) is 19.3 Å². The second-order valence-corrected chi connectivity index (χ2v) is 20.3. The largest absolute Gasteiger partial charge is 0.481 e. The van der Waals surface area contributed by atoms with Crippen molar-refractivity contribution in [1.29, 1.82) is 0 Å². The highest BCUT2D eigenvalue weighted by molar-refractivity contribution is 5.93. The number of aliphatic hydroxyl groups is 2. The average molecular weight is 753 g/mol. The molecule has 1 amide bonds. The minimum Gasteiger partial charge on any atom is -0.481 e. The number of carbonyl (C=O) groups is 4. The van der Waals surface area contributed by atoms with Crippen LogP contribution in [-0.2, 0) is 25.7 Å². The molecule has 1 aromatic rings. The first-order valence-corrected chi connectivity index (χ1v) is 21.4. The van der Waals surface area contributed by atoms with Gasteiger partial charge in [0.2, 0.25) is 0 Å². The second-order valence-electron chi connectivity index (χ2n) is 20.3. The predicted molar refractivity (Wildman–Crippen MR) is 205 cm³/mol. The number of rotatable bonds is 5. The van der Waals surface area contributed by atoms with Gasteiger partial charge in [-0.15, -0.1) is 0 Å². The molecule has 1 aromatic heterocycles. The third-order valence-electron chi connectivity index (χ3n) is 19.1. The molecule has 9 nitrogen and oxygen atoms in total. The number of allylic oxidation sites excluding steroid dienone is 1. The van der Waals surface area contributed by atoms with E-state index in [2.05, 4.69) is 38.0 Å². The van der Waals surface area contributed by atoms with Crippen LogP contribution in [0.15, 0.2) is 47.7 Å². The maximum Gasteiger partial charge on any atom is 0.310 e. The first kappa shape index (κ1) is 37.4. The lowest BCUT2D eigenvalue weighted by Gasteiger charge is -2.65. The van der Waals surface area contributed by atoms with Gasteiger partial charge in [-0.3, -0.25) is 24.2 Å². The Labute approximate surface area is 325 Å². The molecule has 9 rings (SSSR count). The molecule has 296 valence electrons. The molecule has 55 heavy (non-hydrogen) atoms. The van der Waals surface area contributed by atoms with E-state index in [1.165, 1.54) is 0 Å². The molecule has 6 fully saturated rings. The van der Waals surface area contributed by atoms with Crippen LogP contribution in [0.1, 0.15) is 123 Å². The molecular weight excluding hydrogens is 693 g/mol. The van der Waals surface area contributed by atoms with Gasteiger partial charge in [-0.25, -0.2) is 0 Å². The third kappa shape index (κ3) is 4.74. The van der Waals surface area contributed by atoms with Crippen LogP contribution in [0.5, 0.6) is 0 Å². The average Bonchev–Trinajstić information content (AvgIpc) is 3.63. The summed E-state index contributed by atoms with van der Waals surface area (Å²) < 4.78 is 0. The van der Waals surface area contributed by atoms with Crippen molar-refractivity contribution >= 4 is 23.4 Å². The molecule has 0 bridgehead atoms. The number of carboxylic acid groups (broad SMARTS) is 1. The monoisotopic (exact) mass is 752 g/mol. The lowest BCUT2D eigenvalue weighted by Crippen LogP contribution is -2.64. The lowest BCUT2D eigenvalue weighted by atomic mass is 9.37. The number of nitrogens with zero attached hydrogens (tertiary/aromatic N) is 1. The number of pyridine rings is 1. The number of hydrogen-bond acceptors (Lipinski definition) is 7. The van der Waals surface area contributed by atoms with Gasteiger partial charge in [0.05, 0.1) is 23.8 Å². The molecular formula is C46H60N2O7. The molecule has 0 spiro atoms. The van der Waals surface area contributed by atoms with Crippen molar-refractivity contribution in [2.45, 2.75) is 136 Å². The van der Waals surface area contributed by atoms with E-state index in [9.17, 15) is 34.5 Å². The predicted octanol–water partition coefficient (Wildman–Crippen LogP) is 6.76. The second kappa shape index (κ2) is 12.4. The highest BCUT2D eigenvalue weighted by Crippen LogP contribution is 2.77. The van der Waals surface area contributed by atoms with Crippen molar-refractivity contribution in [1.82, 2.24) is 10.3 Å². The first-order valence-electron chi connectivity index (χ1n) is 21.4. The van der Waals surface area contributed by atoms with E-state index in [0.717, 1.165) is 74.6 Å². The van der Waals surface area contributed by atoms with Crippen LogP contribution in [0.25, 0.3) is 0 Å². The summed E-state index contributed by atoms with van der Waals surface area (Å²) in [7, 11) is 0. The fourth-order valence-electron chi connectivity index (χ4n) is 16.3. The Morgan fingerprint density at radius 1 is 0.764 bits per heavy atom. The van der Waals surface area contributed by atoms with Gasteiger partial charge in [-0.1, -0.05) is 44.9 Å². The molecule has 9 heteroatoms. The summed E-state index contributed by atoms with van der Waals surface area (Å²) in [4.78, 5) is 59.0. The fourth-order valence-corrected chi connectivity index (χ4v) is 16.3. The molecule has 0 aromatic carbocycles. The maximum atomic E-state index is 14.4. The zero-order valence-corrected chi connectivity index (χ0v) is 33.1. The number of nitrogens with one attached hydrogen (secondary N) is 1. The number of aliphatic carboxylic acids is 1. The standard InChI is InChI=1S/C46H60N2O7/c1-41-16-12-36-31(11-9-27-22-30(50)24-38(51)44(27,36)4)33(41)14-18-45(41,40(53)54)37-23-29(49)21-26-8-10-32-34-15-19-46(55,39(52)48-25-28-7-5-6-20-47-28)42(34,2)17-13-35(32)43(26,37)3/h5-7,20-22,31-38,51,55H,8-19,23-25H2,1-4H3,(H,48,52)(H,53,54)/t31-,32-,33-,34-,35+,36+,37?,38?,41-,42-,43-,44-,45?,46?/m0/s1. The number of amides is 1. The Bertz CT molecular complexity index is 1890. The van der Waals surface area contributed by atoms with Crippen LogP contribution in [0.3, 0.4) is 0 Å². The van der Waals surface area contributed by atoms with E-state index < -0.39 is 44.7 Å². The Morgan fingerprint density at radius 2 is 1.35 bits per heavy atom. The molecule has 4 N–H and O–H groups in total. The minimum atomic E-state index is -1.51. The number of fused-ring (bicyclic) bond motifs is 10. The molecule has 14 atom stereocenters. The van der Waals surface area contributed by atoms with Crippen molar-refractivity contribution in [2.24, 2.45) is 68.5 Å². The van der Waals surface area contributed by atoms with E-state index in [4.69, 9.17) is 0 Å². The van der Waals surface area contributed by atoms with Crippen LogP contribution < -0.4 is 5.32 Å². The smallest absolute Gasteiger partial charge is 0.310 e. The van der Waals surface area contributed by atoms with Crippen LogP contribution in [0.4, 0.5) is 0 Å². The first-order chi connectivity index (χ1) is 26.1. The highest BCUT2D eigenvalue weighted by Gasteiger charge is 2.75. The van der Waals surface area contributed by atoms with Gasteiger partial charge in [-0.05, 0) is 154 Å². The van der Waals surface area contributed by atoms with Crippen molar-refractivity contribution in [3.63, 3.8) is 0 Å². The molecule has 0 aliphatic heterocycles. The molecule has 1 heterocycles. The van der Waals surface area contributed by atoms with Crippen LogP contribution in [0, 0.1) is 68.5 Å². The van der Waals surface area contributed by atoms with Crippen LogP contribution in [0.2, 0.25) is 0 Å². The Balaban J connectivity index is 1.04. The van der Waals surface area contributed by atoms with E-state index in [-0.39, 0.29) is 78.3 Å². The van der Waals surface area contributed by atoms with E-state index in [1.807, 2.05) is 24.3 Å². The summed E-state index contributed by atoms with van der Waals surface area (Å²) in [6, 6.07) is 5.59. The van der Waals surface area contributed by atoms with Gasteiger partial charge in [0.1, 0.15) is 5.60 Å². The molecule has 0 radical (unpaired) electrons. The molecule has 6 saturated carbocycles.